The largest absolute Gasteiger partial charge is 0.435 e. The third-order valence-corrected chi connectivity index (χ3v) is 3.45. The Morgan fingerprint density at radius 2 is 2.04 bits per heavy atom. The maximum atomic E-state index is 12.3. The zero-order valence-corrected chi connectivity index (χ0v) is 13.8. The van der Waals surface area contributed by atoms with E-state index in [1.165, 1.54) is 6.07 Å². The molecule has 130 valence electrons. The molecule has 0 radical (unpaired) electrons. The SMILES string of the molecule is Cc1cc(C)n(-c2cncc(NCc3cccc(OC(F)F)c3)n2)n1. The van der Waals surface area contributed by atoms with Crippen LogP contribution in [0.2, 0.25) is 0 Å². The molecule has 0 aliphatic heterocycles. The van der Waals surface area contributed by atoms with Crippen molar-refractivity contribution in [3.05, 3.63) is 59.7 Å². The number of rotatable bonds is 6. The lowest BCUT2D eigenvalue weighted by atomic mass is 10.2. The lowest BCUT2D eigenvalue weighted by molar-refractivity contribution is -0.0498. The first-order chi connectivity index (χ1) is 12.0. The number of alkyl halides is 2. The van der Waals surface area contributed by atoms with Gasteiger partial charge in [-0.15, -0.1) is 0 Å². The van der Waals surface area contributed by atoms with Crippen LogP contribution < -0.4 is 10.1 Å². The monoisotopic (exact) mass is 345 g/mol. The van der Waals surface area contributed by atoms with Crippen LogP contribution >= 0.6 is 0 Å². The number of hydrogen-bond donors (Lipinski definition) is 1. The highest BCUT2D eigenvalue weighted by Crippen LogP contribution is 2.17. The van der Waals surface area contributed by atoms with Crippen LogP contribution in [-0.2, 0) is 6.54 Å². The minimum Gasteiger partial charge on any atom is -0.435 e. The van der Waals surface area contributed by atoms with Crippen LogP contribution in [0, 0.1) is 13.8 Å². The topological polar surface area (TPSA) is 64.9 Å². The number of ether oxygens (including phenoxy) is 1. The molecule has 3 aromatic rings. The van der Waals surface area contributed by atoms with Crippen LogP contribution in [0.4, 0.5) is 14.6 Å². The standard InChI is InChI=1S/C17H17F2N5O/c1-11-6-12(2)24(23-11)16-10-20-9-15(22-16)21-8-13-4-3-5-14(7-13)25-17(18)19/h3-7,9-10,17H,8H2,1-2H3,(H,21,22). The second kappa shape index (κ2) is 7.25. The van der Waals surface area contributed by atoms with Gasteiger partial charge in [0.1, 0.15) is 11.6 Å². The Balaban J connectivity index is 1.72. The van der Waals surface area contributed by atoms with E-state index >= 15 is 0 Å². The molecule has 0 spiro atoms. The maximum absolute atomic E-state index is 12.3. The number of hydrogen-bond acceptors (Lipinski definition) is 5. The summed E-state index contributed by atoms with van der Waals surface area (Å²) in [6.45, 7) is 1.41. The van der Waals surface area contributed by atoms with Gasteiger partial charge in [0.2, 0.25) is 0 Å². The molecule has 0 aliphatic carbocycles. The fourth-order valence-electron chi connectivity index (χ4n) is 2.43. The molecule has 3 rings (SSSR count). The number of nitrogens with one attached hydrogen (secondary N) is 1. The lowest BCUT2D eigenvalue weighted by Crippen LogP contribution is -2.07. The summed E-state index contributed by atoms with van der Waals surface area (Å²) in [4.78, 5) is 8.65. The summed E-state index contributed by atoms with van der Waals surface area (Å²) < 4.78 is 30.7. The van der Waals surface area contributed by atoms with Crippen molar-refractivity contribution in [2.24, 2.45) is 0 Å². The van der Waals surface area contributed by atoms with E-state index in [1.807, 2.05) is 26.0 Å². The Kier molecular flexibility index (Phi) is 4.87. The summed E-state index contributed by atoms with van der Waals surface area (Å²) >= 11 is 0. The van der Waals surface area contributed by atoms with E-state index in [1.54, 1.807) is 29.2 Å². The van der Waals surface area contributed by atoms with E-state index in [4.69, 9.17) is 0 Å². The number of halogens is 2. The molecule has 2 heterocycles. The number of aromatic nitrogens is 4. The molecule has 0 saturated heterocycles. The van der Waals surface area contributed by atoms with Crippen molar-refractivity contribution < 1.29 is 13.5 Å². The van der Waals surface area contributed by atoms with Crippen molar-refractivity contribution in [3.8, 4) is 11.6 Å². The molecule has 0 amide bonds. The predicted molar refractivity (Wildman–Crippen MR) is 89.0 cm³/mol. The lowest BCUT2D eigenvalue weighted by Gasteiger charge is -2.09. The summed E-state index contributed by atoms with van der Waals surface area (Å²) in [5, 5.41) is 7.50. The van der Waals surface area contributed by atoms with Crippen molar-refractivity contribution >= 4 is 5.82 Å². The van der Waals surface area contributed by atoms with E-state index in [2.05, 4.69) is 25.1 Å². The van der Waals surface area contributed by atoms with Gasteiger partial charge >= 0.3 is 6.61 Å². The van der Waals surface area contributed by atoms with Gasteiger partial charge < -0.3 is 10.1 Å². The number of benzene rings is 1. The minimum absolute atomic E-state index is 0.122. The number of anilines is 1. The Labute approximate surface area is 143 Å². The van der Waals surface area contributed by atoms with Gasteiger partial charge in [0, 0.05) is 12.2 Å². The molecule has 6 nitrogen and oxygen atoms in total. The van der Waals surface area contributed by atoms with Crippen molar-refractivity contribution in [2.75, 3.05) is 5.32 Å². The molecular weight excluding hydrogens is 328 g/mol. The zero-order valence-electron chi connectivity index (χ0n) is 13.8. The summed E-state index contributed by atoms with van der Waals surface area (Å²) in [5.41, 5.74) is 2.64. The van der Waals surface area contributed by atoms with Crippen molar-refractivity contribution in [1.29, 1.82) is 0 Å². The first-order valence-electron chi connectivity index (χ1n) is 7.64. The van der Waals surface area contributed by atoms with E-state index in [-0.39, 0.29) is 5.75 Å². The van der Waals surface area contributed by atoms with Crippen LogP contribution in [0.5, 0.6) is 5.75 Å². The van der Waals surface area contributed by atoms with Crippen LogP contribution in [0.1, 0.15) is 17.0 Å². The minimum atomic E-state index is -2.84. The summed E-state index contributed by atoms with van der Waals surface area (Å²) in [5.74, 6) is 1.28. The van der Waals surface area contributed by atoms with Gasteiger partial charge in [0.05, 0.1) is 18.1 Å². The van der Waals surface area contributed by atoms with Crippen molar-refractivity contribution in [3.63, 3.8) is 0 Å². The summed E-state index contributed by atoms with van der Waals surface area (Å²) in [6.07, 6.45) is 3.22. The van der Waals surface area contributed by atoms with Gasteiger partial charge in [-0.2, -0.15) is 13.9 Å². The molecule has 0 atom stereocenters. The van der Waals surface area contributed by atoms with Crippen LogP contribution in [0.25, 0.3) is 5.82 Å². The predicted octanol–water partition coefficient (Wildman–Crippen LogP) is 3.49. The Morgan fingerprint density at radius 1 is 1.20 bits per heavy atom. The van der Waals surface area contributed by atoms with Gasteiger partial charge in [0.25, 0.3) is 0 Å². The average molecular weight is 345 g/mol. The van der Waals surface area contributed by atoms with Crippen molar-refractivity contribution in [1.82, 2.24) is 19.7 Å². The summed E-state index contributed by atoms with van der Waals surface area (Å²) in [6, 6.07) is 8.46. The molecule has 1 N–H and O–H groups in total. The van der Waals surface area contributed by atoms with Gasteiger partial charge in [-0.25, -0.2) is 9.67 Å². The Hall–Kier alpha value is -3.03. The van der Waals surface area contributed by atoms with E-state index in [0.717, 1.165) is 17.0 Å². The Bertz CT molecular complexity index is 866. The quantitative estimate of drug-likeness (QED) is 0.741. The van der Waals surface area contributed by atoms with Gasteiger partial charge in [-0.1, -0.05) is 12.1 Å². The molecule has 0 aliphatic rings. The second-order valence-electron chi connectivity index (χ2n) is 5.48. The van der Waals surface area contributed by atoms with Crippen LogP contribution in [-0.4, -0.2) is 26.4 Å². The summed E-state index contributed by atoms with van der Waals surface area (Å²) in [7, 11) is 0. The number of nitrogens with zero attached hydrogens (tertiary/aromatic N) is 4. The third-order valence-electron chi connectivity index (χ3n) is 3.45. The highest BCUT2D eigenvalue weighted by molar-refractivity contribution is 5.38. The smallest absolute Gasteiger partial charge is 0.387 e. The van der Waals surface area contributed by atoms with Crippen LogP contribution in [0.3, 0.4) is 0 Å². The average Bonchev–Trinajstić information content (AvgIpc) is 2.91. The second-order valence-corrected chi connectivity index (χ2v) is 5.48. The first kappa shape index (κ1) is 16.8. The van der Waals surface area contributed by atoms with Gasteiger partial charge in [-0.3, -0.25) is 4.98 Å². The molecular formula is C17H17F2N5O. The fourth-order valence-corrected chi connectivity index (χ4v) is 2.43. The molecule has 2 aromatic heterocycles. The highest BCUT2D eigenvalue weighted by atomic mass is 19.3. The van der Waals surface area contributed by atoms with Gasteiger partial charge in [-0.05, 0) is 37.6 Å². The fraction of sp³-hybridized carbons (Fsp3) is 0.235. The zero-order chi connectivity index (χ0) is 17.8. The maximum Gasteiger partial charge on any atom is 0.387 e. The highest BCUT2D eigenvalue weighted by Gasteiger charge is 2.07. The van der Waals surface area contributed by atoms with E-state index in [9.17, 15) is 8.78 Å². The normalized spacial score (nSPS) is 10.9. The third kappa shape index (κ3) is 4.28. The molecule has 25 heavy (non-hydrogen) atoms. The molecule has 0 fully saturated rings. The molecule has 0 saturated carbocycles. The molecule has 0 unspecified atom stereocenters. The first-order valence-corrected chi connectivity index (χ1v) is 7.64. The van der Waals surface area contributed by atoms with E-state index < -0.39 is 6.61 Å². The van der Waals surface area contributed by atoms with E-state index in [0.29, 0.717) is 18.2 Å². The molecule has 1 aromatic carbocycles. The van der Waals surface area contributed by atoms with Crippen LogP contribution in [0.15, 0.2) is 42.7 Å². The molecule has 0 bridgehead atoms. The number of aryl methyl sites for hydroxylation is 2. The Morgan fingerprint density at radius 3 is 2.76 bits per heavy atom. The van der Waals surface area contributed by atoms with Crippen molar-refractivity contribution in [2.45, 2.75) is 27.0 Å². The van der Waals surface area contributed by atoms with Gasteiger partial charge in [0.15, 0.2) is 5.82 Å². The molecule has 8 heteroatoms.